The number of hydrogen-bond acceptors (Lipinski definition) is 4. The van der Waals surface area contributed by atoms with Gasteiger partial charge < -0.3 is 18.6 Å². The smallest absolute Gasteiger partial charge is 0.311 e. The van der Waals surface area contributed by atoms with Crippen LogP contribution in [0.25, 0.3) is 49.7 Å². The Bertz CT molecular complexity index is 2550. The lowest BCUT2D eigenvalue weighted by Crippen LogP contribution is -2.26. The molecule has 262 valence electrons. The molecule has 0 saturated carbocycles. The summed E-state index contributed by atoms with van der Waals surface area (Å²) in [6, 6.07) is 41.5. The summed E-state index contributed by atoms with van der Waals surface area (Å²) in [4.78, 5) is 0. The van der Waals surface area contributed by atoms with Crippen LogP contribution in [-0.4, -0.2) is 18.8 Å². The lowest BCUT2D eigenvalue weighted by Gasteiger charge is -2.30. The number of aromatic nitrogens is 1. The Balaban J connectivity index is 1.45. The maximum atomic E-state index is 15.7. The fourth-order valence-electron chi connectivity index (χ4n) is 7.54. The van der Waals surface area contributed by atoms with Crippen LogP contribution in [0.5, 0.6) is 17.2 Å². The molecule has 0 N–H and O–H groups in total. The number of nitrogens with zero attached hydrogens (tertiary/aromatic N) is 1. The van der Waals surface area contributed by atoms with Crippen molar-refractivity contribution in [2.45, 2.75) is 52.4 Å². The van der Waals surface area contributed by atoms with Gasteiger partial charge in [0.05, 0.1) is 35.7 Å². The number of rotatable bonds is 5. The summed E-state index contributed by atoms with van der Waals surface area (Å²) < 4.78 is 37.2. The van der Waals surface area contributed by atoms with Gasteiger partial charge in [-0.1, -0.05) is 120 Å². The molecular formula is C46H44NO4P. The average Bonchev–Trinajstić information content (AvgIpc) is 3.48. The standard InChI is InChI=1S/C46H44NO4P/c1-45(2,3)31-20-17-29(18-21-31)30-19-26-37-36(27-30)42-43(47(37)33-24-22-32(23-25-33)46(4,5)6)39(49-7)28-41(44(42)50-8)52(48)40-16-12-10-14-35(40)34-13-9-11-15-38(34)51-52/h9-28H,1-8H3. The average molecular weight is 706 g/mol. The molecule has 0 amide bonds. The van der Waals surface area contributed by atoms with Crippen LogP contribution in [0.1, 0.15) is 52.7 Å². The van der Waals surface area contributed by atoms with Crippen LogP contribution < -0.4 is 24.6 Å². The first-order valence-electron chi connectivity index (χ1n) is 17.8. The Morgan fingerprint density at radius 1 is 0.615 bits per heavy atom. The highest BCUT2D eigenvalue weighted by molar-refractivity contribution is 7.75. The van der Waals surface area contributed by atoms with Crippen molar-refractivity contribution in [1.82, 2.24) is 4.57 Å². The third-order valence-corrected chi connectivity index (χ3v) is 12.8. The molecule has 7 aromatic rings. The molecule has 6 heteroatoms. The predicted octanol–water partition coefficient (Wildman–Crippen LogP) is 11.4. The van der Waals surface area contributed by atoms with Crippen LogP contribution >= 0.6 is 7.37 Å². The first kappa shape index (κ1) is 33.9. The van der Waals surface area contributed by atoms with E-state index in [-0.39, 0.29) is 10.8 Å². The summed E-state index contributed by atoms with van der Waals surface area (Å²) >= 11 is 0. The highest BCUT2D eigenvalue weighted by Crippen LogP contribution is 2.57. The van der Waals surface area contributed by atoms with Crippen molar-refractivity contribution in [2.75, 3.05) is 14.2 Å². The summed E-state index contributed by atoms with van der Waals surface area (Å²) in [5, 5.41) is 2.87. The number of fused-ring (bicyclic) bond motifs is 6. The molecule has 1 atom stereocenters. The summed E-state index contributed by atoms with van der Waals surface area (Å²) in [5.41, 5.74) is 9.37. The molecule has 1 aliphatic rings. The second-order valence-electron chi connectivity index (χ2n) is 15.7. The van der Waals surface area contributed by atoms with Gasteiger partial charge in [-0.2, -0.15) is 0 Å². The number of para-hydroxylation sites is 1. The molecule has 0 spiro atoms. The van der Waals surface area contributed by atoms with Crippen molar-refractivity contribution in [3.8, 4) is 45.2 Å². The zero-order valence-corrected chi connectivity index (χ0v) is 32.0. The Hall–Kier alpha value is -5.25. The molecule has 0 fully saturated rings. The maximum absolute atomic E-state index is 15.7. The minimum Gasteiger partial charge on any atom is -0.495 e. The van der Waals surface area contributed by atoms with E-state index in [1.54, 1.807) is 14.2 Å². The summed E-state index contributed by atoms with van der Waals surface area (Å²) in [6.07, 6.45) is 0. The molecule has 1 aliphatic heterocycles. The summed E-state index contributed by atoms with van der Waals surface area (Å²) in [5.74, 6) is 1.66. The molecule has 0 radical (unpaired) electrons. The quantitative estimate of drug-likeness (QED) is 0.167. The van der Waals surface area contributed by atoms with Crippen molar-refractivity contribution in [1.29, 1.82) is 0 Å². The van der Waals surface area contributed by atoms with Gasteiger partial charge in [-0.25, -0.2) is 0 Å². The fourth-order valence-corrected chi connectivity index (χ4v) is 9.98. The molecule has 52 heavy (non-hydrogen) atoms. The third-order valence-electron chi connectivity index (χ3n) is 10.4. The number of hydrogen-bond donors (Lipinski definition) is 0. The summed E-state index contributed by atoms with van der Waals surface area (Å²) in [6.45, 7) is 13.4. The van der Waals surface area contributed by atoms with Crippen LogP contribution in [0.3, 0.4) is 0 Å². The predicted molar refractivity (Wildman–Crippen MR) is 216 cm³/mol. The normalized spacial score (nSPS) is 15.6. The topological polar surface area (TPSA) is 49.7 Å². The van der Waals surface area contributed by atoms with Gasteiger partial charge >= 0.3 is 7.37 Å². The zero-order chi connectivity index (χ0) is 36.6. The van der Waals surface area contributed by atoms with Gasteiger partial charge in [0, 0.05) is 22.7 Å². The van der Waals surface area contributed by atoms with E-state index in [0.717, 1.165) is 49.7 Å². The van der Waals surface area contributed by atoms with Crippen LogP contribution in [0.2, 0.25) is 0 Å². The van der Waals surface area contributed by atoms with Gasteiger partial charge in [-0.3, -0.25) is 4.57 Å². The van der Waals surface area contributed by atoms with Gasteiger partial charge in [0.1, 0.15) is 22.8 Å². The van der Waals surface area contributed by atoms with Crippen molar-refractivity contribution >= 4 is 39.8 Å². The number of ether oxygens (including phenoxy) is 2. The molecular weight excluding hydrogens is 661 g/mol. The highest BCUT2D eigenvalue weighted by Gasteiger charge is 2.42. The molecule has 0 aliphatic carbocycles. The first-order chi connectivity index (χ1) is 24.8. The van der Waals surface area contributed by atoms with E-state index in [1.165, 1.54) is 11.1 Å². The maximum Gasteiger partial charge on any atom is 0.311 e. The van der Waals surface area contributed by atoms with Gasteiger partial charge in [0.15, 0.2) is 0 Å². The molecule has 1 unspecified atom stereocenters. The lowest BCUT2D eigenvalue weighted by atomic mass is 9.86. The second kappa shape index (κ2) is 12.2. The van der Waals surface area contributed by atoms with E-state index in [2.05, 4.69) is 113 Å². The largest absolute Gasteiger partial charge is 0.495 e. The molecule has 0 bridgehead atoms. The van der Waals surface area contributed by atoms with E-state index in [9.17, 15) is 0 Å². The molecule has 8 rings (SSSR count). The molecule has 1 aromatic heterocycles. The minimum atomic E-state index is -3.76. The summed E-state index contributed by atoms with van der Waals surface area (Å²) in [7, 11) is -0.443. The Morgan fingerprint density at radius 2 is 1.21 bits per heavy atom. The zero-order valence-electron chi connectivity index (χ0n) is 31.1. The van der Waals surface area contributed by atoms with Gasteiger partial charge in [0.2, 0.25) is 0 Å². The number of benzene rings is 6. The Morgan fingerprint density at radius 3 is 1.85 bits per heavy atom. The van der Waals surface area contributed by atoms with Crippen LogP contribution in [0.4, 0.5) is 0 Å². The third kappa shape index (κ3) is 5.33. The second-order valence-corrected chi connectivity index (χ2v) is 18.0. The van der Waals surface area contributed by atoms with E-state index in [4.69, 9.17) is 14.0 Å². The fraction of sp³-hybridized carbons (Fsp3) is 0.217. The van der Waals surface area contributed by atoms with Gasteiger partial charge in [-0.05, 0) is 75.0 Å². The van der Waals surface area contributed by atoms with Gasteiger partial charge in [0.25, 0.3) is 0 Å². The van der Waals surface area contributed by atoms with Crippen molar-refractivity contribution in [3.63, 3.8) is 0 Å². The van der Waals surface area contributed by atoms with E-state index in [1.807, 2.05) is 54.6 Å². The number of methoxy groups -OCH3 is 2. The molecule has 2 heterocycles. The van der Waals surface area contributed by atoms with Crippen molar-refractivity contribution in [3.05, 3.63) is 132 Å². The SMILES string of the molecule is COc1c(P2(=O)Oc3ccccc3-c3ccccc32)cc(OC)c2c1c1cc(-c3ccc(C(C)(C)C)cc3)ccc1n2-c1ccc(C(C)(C)C)cc1. The first-order valence-corrected chi connectivity index (χ1v) is 19.4. The van der Waals surface area contributed by atoms with Crippen molar-refractivity contribution < 1.29 is 18.6 Å². The van der Waals surface area contributed by atoms with Crippen LogP contribution in [0, 0.1) is 0 Å². The molecule has 0 saturated heterocycles. The Kier molecular flexibility index (Phi) is 7.93. The molecule has 5 nitrogen and oxygen atoms in total. The lowest BCUT2D eigenvalue weighted by molar-refractivity contribution is 0.411. The highest BCUT2D eigenvalue weighted by atomic mass is 31.2. The van der Waals surface area contributed by atoms with E-state index >= 15 is 4.57 Å². The monoisotopic (exact) mass is 705 g/mol. The van der Waals surface area contributed by atoms with Crippen LogP contribution in [0.15, 0.2) is 121 Å². The van der Waals surface area contributed by atoms with Gasteiger partial charge in [-0.15, -0.1) is 0 Å². The van der Waals surface area contributed by atoms with E-state index in [0.29, 0.717) is 27.9 Å². The molecule has 6 aromatic carbocycles. The minimum absolute atomic E-state index is 0.00760. The Labute approximate surface area is 306 Å². The van der Waals surface area contributed by atoms with E-state index < -0.39 is 7.37 Å². The van der Waals surface area contributed by atoms with Crippen molar-refractivity contribution in [2.24, 2.45) is 0 Å². The van der Waals surface area contributed by atoms with Crippen LogP contribution in [-0.2, 0) is 15.4 Å².